The first-order valence-corrected chi connectivity index (χ1v) is 13.0. The third-order valence-corrected chi connectivity index (χ3v) is 5.70. The topological polar surface area (TPSA) is 185 Å². The molecule has 0 spiro atoms. The number of ether oxygens (including phenoxy) is 2. The first-order chi connectivity index (χ1) is 21.3. The van der Waals surface area contributed by atoms with Crippen LogP contribution < -0.4 is 20.5 Å². The van der Waals surface area contributed by atoms with E-state index in [0.29, 0.717) is 41.2 Å². The van der Waals surface area contributed by atoms with Crippen molar-refractivity contribution in [2.45, 2.75) is 32.3 Å². The van der Waals surface area contributed by atoms with E-state index >= 15 is 0 Å². The molecule has 3 aromatic rings. The smallest absolute Gasteiger partial charge is 0.490 e. The van der Waals surface area contributed by atoms with Crippen molar-refractivity contribution in [2.24, 2.45) is 5.73 Å². The molecule has 1 heterocycles. The van der Waals surface area contributed by atoms with Crippen LogP contribution in [-0.2, 0) is 22.6 Å². The number of hydrogen-bond acceptors (Lipinski definition) is 9. The Labute approximate surface area is 258 Å². The molecule has 6 N–H and O–H groups in total. The summed E-state index contributed by atoms with van der Waals surface area (Å²) in [5, 5.41) is 27.9. The number of benzene rings is 2. The Morgan fingerprint density at radius 3 is 1.98 bits per heavy atom. The molecule has 12 nitrogen and oxygen atoms in total. The molecule has 0 bridgehead atoms. The summed E-state index contributed by atoms with van der Waals surface area (Å²) in [6, 6.07) is 10.9. The largest absolute Gasteiger partial charge is 0.493 e. The number of aliphatic carboxylic acids is 2. The Bertz CT molecular complexity index is 1490. The second-order valence-electron chi connectivity index (χ2n) is 9.28. The third-order valence-electron chi connectivity index (χ3n) is 5.70. The monoisotopic (exact) mass is 666 g/mol. The van der Waals surface area contributed by atoms with E-state index in [4.69, 9.17) is 35.0 Å². The lowest BCUT2D eigenvalue weighted by atomic mass is 10.0. The van der Waals surface area contributed by atoms with Crippen LogP contribution in [0.5, 0.6) is 11.5 Å². The number of anilines is 2. The third kappa shape index (κ3) is 11.9. The van der Waals surface area contributed by atoms with Crippen molar-refractivity contribution in [3.63, 3.8) is 0 Å². The Morgan fingerprint density at radius 1 is 0.978 bits per heavy atom. The molecular weight excluding hydrogens is 634 g/mol. The van der Waals surface area contributed by atoms with Gasteiger partial charge in [-0.25, -0.2) is 14.6 Å². The fourth-order valence-corrected chi connectivity index (χ4v) is 3.52. The lowest BCUT2D eigenvalue weighted by Gasteiger charge is -2.17. The number of hydrogen-bond donors (Lipinski definition) is 5. The standard InChI is InChI=1S/C24H30N4O4.2C2HF3O2/c1-5-17-15(14-29)7-6-8-19(17)26-24-18(23(25)30)11-16-12-22(32-10-9-28(2)3)21(31-4)13-20(16)27-24;2*3-2(4,5)1(6)7/h6-8,11-13,29H,5,9-10,14H2,1-4H3,(H2,25,30)(H,26,27);2*(H,6,7). The van der Waals surface area contributed by atoms with Crippen molar-refractivity contribution in [3.8, 4) is 11.5 Å². The second-order valence-corrected chi connectivity index (χ2v) is 9.28. The number of pyridine rings is 1. The summed E-state index contributed by atoms with van der Waals surface area (Å²) in [5.74, 6) is -4.64. The molecule has 0 aliphatic carbocycles. The number of fused-ring (bicyclic) bond motifs is 1. The van der Waals surface area contributed by atoms with Gasteiger partial charge in [0.1, 0.15) is 12.4 Å². The molecule has 0 aliphatic heterocycles. The van der Waals surface area contributed by atoms with Gasteiger partial charge in [-0.1, -0.05) is 19.1 Å². The van der Waals surface area contributed by atoms with Crippen molar-refractivity contribution in [2.75, 3.05) is 39.7 Å². The maximum absolute atomic E-state index is 12.2. The second kappa shape index (κ2) is 17.0. The van der Waals surface area contributed by atoms with Gasteiger partial charge in [0.15, 0.2) is 11.5 Å². The number of aliphatic hydroxyl groups is 1. The summed E-state index contributed by atoms with van der Waals surface area (Å²) < 4.78 is 74.8. The van der Waals surface area contributed by atoms with Crippen LogP contribution in [0.2, 0.25) is 0 Å². The quantitative estimate of drug-likeness (QED) is 0.194. The first kappa shape index (κ1) is 39.2. The highest BCUT2D eigenvalue weighted by atomic mass is 19.4. The lowest BCUT2D eigenvalue weighted by molar-refractivity contribution is -0.193. The molecule has 1 amide bonds. The summed E-state index contributed by atoms with van der Waals surface area (Å²) in [7, 11) is 5.52. The minimum absolute atomic E-state index is 0.0691. The number of carboxylic acids is 2. The van der Waals surface area contributed by atoms with E-state index in [0.717, 1.165) is 23.4 Å². The van der Waals surface area contributed by atoms with Crippen molar-refractivity contribution < 1.29 is 65.5 Å². The number of halogens is 6. The van der Waals surface area contributed by atoms with Crippen molar-refractivity contribution in [3.05, 3.63) is 53.1 Å². The average Bonchev–Trinajstić information content (AvgIpc) is 2.95. The Kier molecular flexibility index (Phi) is 14.5. The Hall–Kier alpha value is -4.84. The number of methoxy groups -OCH3 is 1. The molecule has 0 saturated carbocycles. The highest BCUT2D eigenvalue weighted by Crippen LogP contribution is 2.34. The van der Waals surface area contributed by atoms with Crippen molar-refractivity contribution in [1.29, 1.82) is 0 Å². The number of carboxylic acid groups (broad SMARTS) is 2. The number of rotatable bonds is 10. The van der Waals surface area contributed by atoms with Gasteiger partial charge in [-0.3, -0.25) is 4.79 Å². The molecule has 0 radical (unpaired) electrons. The van der Waals surface area contributed by atoms with E-state index in [1.807, 2.05) is 44.1 Å². The zero-order valence-corrected chi connectivity index (χ0v) is 24.9. The summed E-state index contributed by atoms with van der Waals surface area (Å²) in [6.45, 7) is 3.18. The van der Waals surface area contributed by atoms with Gasteiger partial charge in [-0.05, 0) is 49.8 Å². The van der Waals surface area contributed by atoms with E-state index in [1.165, 1.54) is 0 Å². The number of likely N-dealkylation sites (N-methyl/N-ethyl adjacent to an activating group) is 1. The first-order valence-electron chi connectivity index (χ1n) is 13.0. The SMILES string of the molecule is CCc1c(CO)cccc1Nc1nc2cc(OC)c(OCCN(C)C)cc2cc1C(N)=O.O=C(O)C(F)(F)F.O=C(O)C(F)(F)F. The molecule has 0 unspecified atom stereocenters. The number of nitrogens with zero attached hydrogens (tertiary/aromatic N) is 2. The Morgan fingerprint density at radius 2 is 1.54 bits per heavy atom. The summed E-state index contributed by atoms with van der Waals surface area (Å²) >= 11 is 0. The molecule has 18 heteroatoms. The summed E-state index contributed by atoms with van der Waals surface area (Å²) in [5.41, 5.74) is 9.11. The molecular formula is C28H32F6N4O8. The van der Waals surface area contributed by atoms with Crippen LogP contribution in [-0.4, -0.2) is 89.8 Å². The number of primary amides is 1. The molecule has 46 heavy (non-hydrogen) atoms. The maximum atomic E-state index is 12.2. The predicted molar refractivity (Wildman–Crippen MR) is 153 cm³/mol. The van der Waals surface area contributed by atoms with Gasteiger partial charge >= 0.3 is 24.3 Å². The van der Waals surface area contributed by atoms with Crippen LogP contribution in [0.15, 0.2) is 36.4 Å². The van der Waals surface area contributed by atoms with E-state index in [9.17, 15) is 36.2 Å². The van der Waals surface area contributed by atoms with Crippen LogP contribution >= 0.6 is 0 Å². The minimum Gasteiger partial charge on any atom is -0.493 e. The number of amides is 1. The summed E-state index contributed by atoms with van der Waals surface area (Å²) in [4.78, 5) is 36.7. The maximum Gasteiger partial charge on any atom is 0.490 e. The molecule has 0 atom stereocenters. The number of aliphatic hydroxyl groups excluding tert-OH is 1. The van der Waals surface area contributed by atoms with Crippen LogP contribution in [0.3, 0.4) is 0 Å². The minimum atomic E-state index is -5.08. The lowest BCUT2D eigenvalue weighted by Crippen LogP contribution is -2.21. The number of carbonyl (C=O) groups is 3. The average molecular weight is 667 g/mol. The van der Waals surface area contributed by atoms with Gasteiger partial charge in [0.05, 0.1) is 24.8 Å². The van der Waals surface area contributed by atoms with Crippen molar-refractivity contribution in [1.82, 2.24) is 9.88 Å². The highest BCUT2D eigenvalue weighted by Gasteiger charge is 2.38. The highest BCUT2D eigenvalue weighted by molar-refractivity contribution is 6.02. The Balaban J connectivity index is 0.000000629. The van der Waals surface area contributed by atoms with Crippen LogP contribution in [0, 0.1) is 0 Å². The zero-order chi connectivity index (χ0) is 35.4. The number of nitrogens with two attached hydrogens (primary N) is 1. The van der Waals surface area contributed by atoms with Gasteiger partial charge in [-0.15, -0.1) is 0 Å². The summed E-state index contributed by atoms with van der Waals surface area (Å²) in [6.07, 6.45) is -9.46. The number of carbonyl (C=O) groups excluding carboxylic acids is 1. The van der Waals surface area contributed by atoms with Crippen LogP contribution in [0.1, 0.15) is 28.4 Å². The number of aromatic nitrogens is 1. The predicted octanol–water partition coefficient (Wildman–Crippen LogP) is 4.35. The molecule has 0 fully saturated rings. The van der Waals surface area contributed by atoms with Crippen LogP contribution in [0.25, 0.3) is 10.9 Å². The normalized spacial score (nSPS) is 11.1. The molecule has 0 aliphatic rings. The fourth-order valence-electron chi connectivity index (χ4n) is 3.52. The van der Waals surface area contributed by atoms with E-state index in [2.05, 4.69) is 10.3 Å². The van der Waals surface area contributed by atoms with Gasteiger partial charge in [0.2, 0.25) is 0 Å². The van der Waals surface area contributed by atoms with E-state index < -0.39 is 30.2 Å². The van der Waals surface area contributed by atoms with Gasteiger partial charge < -0.3 is 40.7 Å². The molecule has 3 rings (SSSR count). The van der Waals surface area contributed by atoms with Gasteiger partial charge in [0, 0.05) is 23.7 Å². The molecule has 254 valence electrons. The fraction of sp³-hybridized carbons (Fsp3) is 0.357. The number of alkyl halides is 6. The zero-order valence-electron chi connectivity index (χ0n) is 24.9. The molecule has 0 saturated heterocycles. The van der Waals surface area contributed by atoms with Crippen molar-refractivity contribution >= 4 is 40.3 Å². The number of nitrogens with one attached hydrogen (secondary N) is 1. The molecule has 1 aromatic heterocycles. The van der Waals surface area contributed by atoms with Crippen LogP contribution in [0.4, 0.5) is 37.8 Å². The van der Waals surface area contributed by atoms with E-state index in [-0.39, 0.29) is 12.2 Å². The van der Waals surface area contributed by atoms with Gasteiger partial charge in [0.25, 0.3) is 5.91 Å². The van der Waals surface area contributed by atoms with Gasteiger partial charge in [-0.2, -0.15) is 26.3 Å². The van der Waals surface area contributed by atoms with E-state index in [1.54, 1.807) is 25.3 Å². The molecule has 2 aromatic carbocycles.